The summed E-state index contributed by atoms with van der Waals surface area (Å²) in [6, 6.07) is 7.33. The number of aromatic nitrogens is 4. The summed E-state index contributed by atoms with van der Waals surface area (Å²) in [5.41, 5.74) is 1.27. The van der Waals surface area contributed by atoms with Crippen molar-refractivity contribution in [3.05, 3.63) is 62.4 Å². The Balaban J connectivity index is 1.43. The Hall–Kier alpha value is -4.00. The molecule has 3 rings (SSSR count). The van der Waals surface area contributed by atoms with Crippen LogP contribution in [-0.2, 0) is 11.3 Å². The molecule has 2 aromatic heterocycles. The minimum Gasteiger partial charge on any atom is -0.484 e. The molecule has 0 atom stereocenters. The summed E-state index contributed by atoms with van der Waals surface area (Å²) in [5.74, 6) is -1.06. The number of aryl methyl sites for hydroxylation is 1. The number of para-hydroxylation sites is 1. The highest BCUT2D eigenvalue weighted by Crippen LogP contribution is 2.26. The van der Waals surface area contributed by atoms with Crippen LogP contribution in [0.1, 0.15) is 27.8 Å². The number of carbonyl (C=O) groups is 2. The van der Waals surface area contributed by atoms with E-state index in [4.69, 9.17) is 20.9 Å². The molecule has 0 radical (unpaired) electrons. The van der Waals surface area contributed by atoms with Crippen molar-refractivity contribution in [1.82, 2.24) is 30.6 Å². The minimum absolute atomic E-state index is 0.0763. The summed E-state index contributed by atoms with van der Waals surface area (Å²) in [4.78, 5) is 38.2. The number of benzene rings is 1. The summed E-state index contributed by atoms with van der Waals surface area (Å²) in [5, 5.41) is 23.4. The highest BCUT2D eigenvalue weighted by molar-refractivity contribution is 6.33. The fraction of sp³-hybridized carbons (Fsp3) is 0.316. The zero-order valence-electron chi connectivity index (χ0n) is 17.7. The summed E-state index contributed by atoms with van der Waals surface area (Å²) in [6.45, 7) is 3.48. The number of nitro groups is 1. The first-order valence-corrected chi connectivity index (χ1v) is 10.1. The van der Waals surface area contributed by atoms with Crippen LogP contribution in [0.2, 0.25) is 5.02 Å². The van der Waals surface area contributed by atoms with Gasteiger partial charge in [0.2, 0.25) is 0 Å². The Morgan fingerprint density at radius 3 is 2.67 bits per heavy atom. The van der Waals surface area contributed by atoms with Crippen molar-refractivity contribution >= 4 is 29.2 Å². The fourth-order valence-corrected chi connectivity index (χ4v) is 2.89. The Kier molecular flexibility index (Phi) is 7.56. The van der Waals surface area contributed by atoms with Crippen molar-refractivity contribution in [2.75, 3.05) is 19.7 Å². The second-order valence-electron chi connectivity index (χ2n) is 6.81. The van der Waals surface area contributed by atoms with E-state index in [-0.39, 0.29) is 48.9 Å². The van der Waals surface area contributed by atoms with Gasteiger partial charge in [-0.25, -0.2) is 0 Å². The molecular formula is C19H20ClN7O6. The summed E-state index contributed by atoms with van der Waals surface area (Å²) < 4.78 is 11.6. The average Bonchev–Trinajstić information content (AvgIpc) is 3.36. The molecule has 0 saturated heterocycles. The number of carbonyl (C=O) groups excluding carboxylic acids is 2. The minimum atomic E-state index is -0.700. The number of hydrogen-bond donors (Lipinski definition) is 2. The Labute approximate surface area is 192 Å². The van der Waals surface area contributed by atoms with Crippen molar-refractivity contribution < 1.29 is 23.8 Å². The van der Waals surface area contributed by atoms with Crippen molar-refractivity contribution in [2.24, 2.45) is 0 Å². The predicted octanol–water partition coefficient (Wildman–Crippen LogP) is 1.42. The molecule has 13 nitrogen and oxygen atoms in total. The molecule has 14 heteroatoms. The van der Waals surface area contributed by atoms with E-state index < -0.39 is 16.6 Å². The molecule has 0 aliphatic heterocycles. The SMILES string of the molecule is Cc1ccccc1OCC(=O)NCCNC(=O)c1nc(Cn2nc([N+](=O)[O-])c(Cl)c2C)no1. The second kappa shape index (κ2) is 10.5. The molecule has 0 fully saturated rings. The maximum absolute atomic E-state index is 12.1. The lowest BCUT2D eigenvalue weighted by atomic mass is 10.2. The van der Waals surface area contributed by atoms with Gasteiger partial charge in [0.25, 0.3) is 5.91 Å². The van der Waals surface area contributed by atoms with Crippen LogP contribution in [0.5, 0.6) is 5.75 Å². The van der Waals surface area contributed by atoms with E-state index in [1.807, 2.05) is 25.1 Å². The third kappa shape index (κ3) is 6.04. The number of ether oxygens (including phenoxy) is 1. The smallest absolute Gasteiger partial charge is 0.408 e. The van der Waals surface area contributed by atoms with Crippen molar-refractivity contribution in [1.29, 1.82) is 0 Å². The monoisotopic (exact) mass is 477 g/mol. The maximum Gasteiger partial charge on any atom is 0.408 e. The highest BCUT2D eigenvalue weighted by Gasteiger charge is 2.25. The van der Waals surface area contributed by atoms with Crippen LogP contribution >= 0.6 is 11.6 Å². The van der Waals surface area contributed by atoms with Gasteiger partial charge in [-0.15, -0.1) is 0 Å². The van der Waals surface area contributed by atoms with Crippen LogP contribution < -0.4 is 15.4 Å². The highest BCUT2D eigenvalue weighted by atomic mass is 35.5. The molecule has 0 saturated carbocycles. The zero-order valence-corrected chi connectivity index (χ0v) is 18.5. The Morgan fingerprint density at radius 2 is 1.97 bits per heavy atom. The average molecular weight is 478 g/mol. The van der Waals surface area contributed by atoms with Gasteiger partial charge in [-0.1, -0.05) is 35.0 Å². The summed E-state index contributed by atoms with van der Waals surface area (Å²) in [7, 11) is 0. The standard InChI is InChI=1S/C19H20ClN7O6/c1-11-5-3-4-6-13(11)32-10-15(28)21-7-8-22-18(29)19-23-14(25-33-19)9-26-12(2)16(20)17(24-26)27(30)31/h3-6H,7-10H2,1-2H3,(H,21,28)(H,22,29). The molecule has 0 aliphatic carbocycles. The molecular weight excluding hydrogens is 458 g/mol. The van der Waals surface area contributed by atoms with Crippen molar-refractivity contribution in [2.45, 2.75) is 20.4 Å². The molecule has 0 unspecified atom stereocenters. The number of halogens is 1. The number of nitrogens with one attached hydrogen (secondary N) is 2. The van der Waals surface area contributed by atoms with Gasteiger partial charge in [0, 0.05) is 13.1 Å². The maximum atomic E-state index is 12.1. The van der Waals surface area contributed by atoms with Crippen molar-refractivity contribution in [3.63, 3.8) is 0 Å². The summed E-state index contributed by atoms with van der Waals surface area (Å²) in [6.07, 6.45) is 0. The van der Waals surface area contributed by atoms with E-state index >= 15 is 0 Å². The molecule has 33 heavy (non-hydrogen) atoms. The Bertz CT molecular complexity index is 1180. The number of hydrogen-bond acceptors (Lipinski definition) is 9. The summed E-state index contributed by atoms with van der Waals surface area (Å²) >= 11 is 5.89. The van der Waals surface area contributed by atoms with E-state index in [9.17, 15) is 19.7 Å². The molecule has 2 heterocycles. The van der Waals surface area contributed by atoms with Crippen LogP contribution in [-0.4, -0.2) is 56.4 Å². The van der Waals surface area contributed by atoms with Crippen LogP contribution in [0, 0.1) is 24.0 Å². The molecule has 3 aromatic rings. The van der Waals surface area contributed by atoms with E-state index in [1.165, 1.54) is 4.68 Å². The molecule has 0 bridgehead atoms. The van der Waals surface area contributed by atoms with Gasteiger partial charge in [0.05, 0.1) is 10.8 Å². The third-order valence-electron chi connectivity index (χ3n) is 4.43. The molecule has 2 amide bonds. The second-order valence-corrected chi connectivity index (χ2v) is 7.19. The first-order chi connectivity index (χ1) is 15.8. The van der Waals surface area contributed by atoms with Crippen LogP contribution in [0.25, 0.3) is 0 Å². The van der Waals surface area contributed by atoms with Crippen LogP contribution in [0.15, 0.2) is 28.8 Å². The van der Waals surface area contributed by atoms with Gasteiger partial charge in [0.1, 0.15) is 12.3 Å². The van der Waals surface area contributed by atoms with Crippen LogP contribution in [0.3, 0.4) is 0 Å². The topological polar surface area (TPSA) is 167 Å². The van der Waals surface area contributed by atoms with Gasteiger partial charge < -0.3 is 30.0 Å². The van der Waals surface area contributed by atoms with Gasteiger partial charge in [-0.3, -0.25) is 9.59 Å². The number of rotatable bonds is 10. The molecule has 0 aliphatic rings. The molecule has 0 spiro atoms. The largest absolute Gasteiger partial charge is 0.484 e. The van der Waals surface area contributed by atoms with Crippen molar-refractivity contribution in [3.8, 4) is 5.75 Å². The number of nitrogens with zero attached hydrogens (tertiary/aromatic N) is 5. The van der Waals surface area contributed by atoms with Gasteiger partial charge in [-0.2, -0.15) is 9.67 Å². The first kappa shape index (κ1) is 23.7. The number of amides is 2. The lowest BCUT2D eigenvalue weighted by Gasteiger charge is -2.09. The first-order valence-electron chi connectivity index (χ1n) is 9.69. The van der Waals surface area contributed by atoms with E-state index in [2.05, 4.69) is 25.9 Å². The quantitative estimate of drug-likeness (QED) is 0.249. The third-order valence-corrected chi connectivity index (χ3v) is 4.87. The van der Waals surface area contributed by atoms with E-state index in [0.29, 0.717) is 11.4 Å². The van der Waals surface area contributed by atoms with E-state index in [1.54, 1.807) is 13.0 Å². The molecule has 174 valence electrons. The lowest BCUT2D eigenvalue weighted by Crippen LogP contribution is -2.36. The van der Waals surface area contributed by atoms with Gasteiger partial charge >= 0.3 is 17.6 Å². The van der Waals surface area contributed by atoms with Gasteiger partial charge in [-0.05, 0) is 30.4 Å². The van der Waals surface area contributed by atoms with Crippen LogP contribution in [0.4, 0.5) is 5.82 Å². The lowest BCUT2D eigenvalue weighted by molar-refractivity contribution is -0.389. The Morgan fingerprint density at radius 1 is 1.24 bits per heavy atom. The zero-order chi connectivity index (χ0) is 24.0. The van der Waals surface area contributed by atoms with E-state index in [0.717, 1.165) is 5.56 Å². The molecule has 2 N–H and O–H groups in total. The predicted molar refractivity (Wildman–Crippen MR) is 114 cm³/mol. The van der Waals surface area contributed by atoms with Gasteiger partial charge in [0.15, 0.2) is 17.5 Å². The fourth-order valence-electron chi connectivity index (χ4n) is 2.69. The molecule has 1 aromatic carbocycles. The normalized spacial score (nSPS) is 10.6.